The van der Waals surface area contributed by atoms with Gasteiger partial charge >= 0.3 is 5.97 Å². The first-order valence-electron chi connectivity index (χ1n) is 12.7. The monoisotopic (exact) mass is 498 g/mol. The summed E-state index contributed by atoms with van der Waals surface area (Å²) < 4.78 is 3.31. The average molecular weight is 499 g/mol. The SMILES string of the molecule is CCCCCc1c(Cc2ccc(-c3ccccc3)c(-c3nn[nH]n3)c2)c(=O)n2n1C(C)C=CC2C(=O)O. The second-order valence-corrected chi connectivity index (χ2v) is 9.44. The van der Waals surface area contributed by atoms with Crippen LogP contribution >= 0.6 is 0 Å². The highest BCUT2D eigenvalue weighted by atomic mass is 16.4. The molecular weight excluding hydrogens is 468 g/mol. The molecule has 1 aliphatic heterocycles. The Morgan fingerprint density at radius 3 is 2.57 bits per heavy atom. The van der Waals surface area contributed by atoms with Gasteiger partial charge in [-0.15, -0.1) is 10.2 Å². The van der Waals surface area contributed by atoms with E-state index in [9.17, 15) is 14.7 Å². The first-order chi connectivity index (χ1) is 18.0. The molecule has 0 aliphatic carbocycles. The van der Waals surface area contributed by atoms with Crippen LogP contribution < -0.4 is 5.56 Å². The summed E-state index contributed by atoms with van der Waals surface area (Å²) in [7, 11) is 0. The van der Waals surface area contributed by atoms with Crippen molar-refractivity contribution in [2.75, 3.05) is 0 Å². The number of benzene rings is 2. The van der Waals surface area contributed by atoms with Gasteiger partial charge in [-0.25, -0.2) is 9.48 Å². The lowest BCUT2D eigenvalue weighted by molar-refractivity contribution is -0.140. The van der Waals surface area contributed by atoms with E-state index in [1.165, 1.54) is 4.68 Å². The molecule has 1 aliphatic rings. The zero-order valence-electron chi connectivity index (χ0n) is 21.0. The van der Waals surface area contributed by atoms with Gasteiger partial charge < -0.3 is 5.11 Å². The third kappa shape index (κ3) is 4.64. The lowest BCUT2D eigenvalue weighted by Crippen LogP contribution is -2.35. The van der Waals surface area contributed by atoms with Crippen LogP contribution in [0.3, 0.4) is 0 Å². The molecule has 0 fully saturated rings. The van der Waals surface area contributed by atoms with Gasteiger partial charge in [0.1, 0.15) is 0 Å². The standard InChI is InChI=1S/C28H30N6O3/c1-3-4-6-11-24-23(27(35)34-25(28(36)37)15-12-18(2)33(24)34)17-19-13-14-21(20-9-7-5-8-10-20)22(16-19)26-29-31-32-30-26/h5,7-10,12-16,18,25H,3-4,6,11,17H2,1-2H3,(H,36,37)(H,29,30,31,32). The van der Waals surface area contributed by atoms with Crippen molar-refractivity contribution < 1.29 is 9.90 Å². The number of carboxylic acid groups (broad SMARTS) is 1. The minimum Gasteiger partial charge on any atom is -0.479 e. The summed E-state index contributed by atoms with van der Waals surface area (Å²) in [5.41, 5.74) is 5.03. The second kappa shape index (κ2) is 10.4. The molecule has 2 aromatic carbocycles. The number of aromatic nitrogens is 6. The Hall–Kier alpha value is -4.27. The van der Waals surface area contributed by atoms with Crippen molar-refractivity contribution in [3.8, 4) is 22.5 Å². The van der Waals surface area contributed by atoms with Gasteiger partial charge in [-0.3, -0.25) is 9.48 Å². The molecule has 0 radical (unpaired) electrons. The second-order valence-electron chi connectivity index (χ2n) is 9.44. The van der Waals surface area contributed by atoms with Crippen LogP contribution in [-0.4, -0.2) is 41.1 Å². The first kappa shape index (κ1) is 24.4. The van der Waals surface area contributed by atoms with E-state index in [1.54, 1.807) is 6.08 Å². The topological polar surface area (TPSA) is 119 Å². The largest absolute Gasteiger partial charge is 0.479 e. The van der Waals surface area contributed by atoms with Crippen LogP contribution in [0, 0.1) is 0 Å². The van der Waals surface area contributed by atoms with E-state index in [0.29, 0.717) is 17.8 Å². The van der Waals surface area contributed by atoms with Crippen LogP contribution in [0.4, 0.5) is 0 Å². The van der Waals surface area contributed by atoms with Gasteiger partial charge in [-0.2, -0.15) is 5.21 Å². The van der Waals surface area contributed by atoms with Crippen molar-refractivity contribution >= 4 is 5.97 Å². The van der Waals surface area contributed by atoms with Crippen LogP contribution in [0.5, 0.6) is 0 Å². The molecule has 9 heteroatoms. The van der Waals surface area contributed by atoms with Crippen LogP contribution in [0.1, 0.15) is 62.0 Å². The minimum absolute atomic E-state index is 0.107. The number of unbranched alkanes of at least 4 members (excludes halogenated alkanes) is 2. The van der Waals surface area contributed by atoms with Gasteiger partial charge in [0.15, 0.2) is 6.04 Å². The Morgan fingerprint density at radius 1 is 1.05 bits per heavy atom. The van der Waals surface area contributed by atoms with E-state index in [4.69, 9.17) is 0 Å². The van der Waals surface area contributed by atoms with E-state index in [-0.39, 0.29) is 11.6 Å². The third-order valence-corrected chi connectivity index (χ3v) is 6.95. The number of nitrogens with one attached hydrogen (secondary N) is 1. The minimum atomic E-state index is -1.04. The number of allylic oxidation sites excluding steroid dienone is 1. The van der Waals surface area contributed by atoms with Gasteiger partial charge in [0, 0.05) is 23.2 Å². The highest BCUT2D eigenvalue weighted by Gasteiger charge is 2.31. The van der Waals surface area contributed by atoms with Crippen molar-refractivity contribution in [3.05, 3.63) is 87.9 Å². The van der Waals surface area contributed by atoms with Gasteiger partial charge in [-0.1, -0.05) is 74.4 Å². The molecule has 0 saturated carbocycles. The van der Waals surface area contributed by atoms with E-state index in [0.717, 1.165) is 53.6 Å². The lowest BCUT2D eigenvalue weighted by atomic mass is 9.94. The van der Waals surface area contributed by atoms with E-state index < -0.39 is 12.0 Å². The fourth-order valence-electron chi connectivity index (χ4n) is 5.17. The number of tetrazole rings is 1. The molecule has 37 heavy (non-hydrogen) atoms. The maximum Gasteiger partial charge on any atom is 0.332 e. The summed E-state index contributed by atoms with van der Waals surface area (Å²) in [5, 5.41) is 24.5. The number of carbonyl (C=O) groups is 1. The number of aromatic amines is 1. The molecular formula is C28H30N6O3. The van der Waals surface area contributed by atoms with Crippen molar-refractivity contribution in [2.24, 2.45) is 0 Å². The summed E-state index contributed by atoms with van der Waals surface area (Å²) in [6.07, 6.45) is 7.61. The first-order valence-corrected chi connectivity index (χ1v) is 12.7. The van der Waals surface area contributed by atoms with E-state index in [2.05, 4.69) is 27.5 Å². The molecule has 4 aromatic rings. The molecule has 190 valence electrons. The summed E-state index contributed by atoms with van der Waals surface area (Å²) in [6.45, 7) is 4.13. The molecule has 2 aromatic heterocycles. The highest BCUT2D eigenvalue weighted by Crippen LogP contribution is 2.32. The fraction of sp³-hybridized carbons (Fsp3) is 0.321. The van der Waals surface area contributed by atoms with Crippen molar-refractivity contribution in [2.45, 2.75) is 58.0 Å². The smallest absolute Gasteiger partial charge is 0.332 e. The summed E-state index contributed by atoms with van der Waals surface area (Å²) in [4.78, 5) is 25.8. The van der Waals surface area contributed by atoms with E-state index in [1.807, 2.05) is 66.2 Å². The molecule has 2 atom stereocenters. The molecule has 0 amide bonds. The normalized spacial score (nSPS) is 16.6. The van der Waals surface area contributed by atoms with Crippen molar-refractivity contribution in [1.29, 1.82) is 0 Å². The number of rotatable bonds is 9. The van der Waals surface area contributed by atoms with Gasteiger partial charge in [-0.05, 0) is 47.7 Å². The number of nitrogens with zero attached hydrogens (tertiary/aromatic N) is 5. The molecule has 0 spiro atoms. The number of carboxylic acids is 1. The molecule has 9 nitrogen and oxygen atoms in total. The number of hydrogen-bond donors (Lipinski definition) is 2. The number of H-pyrrole nitrogens is 1. The summed E-state index contributed by atoms with van der Waals surface area (Å²) >= 11 is 0. The molecule has 0 bridgehead atoms. The number of aliphatic carboxylic acids is 1. The van der Waals surface area contributed by atoms with Crippen LogP contribution in [0.2, 0.25) is 0 Å². The Kier molecular flexibility index (Phi) is 6.85. The third-order valence-electron chi connectivity index (χ3n) is 6.95. The molecule has 5 rings (SSSR count). The quantitative estimate of drug-likeness (QED) is 0.258. The predicted octanol–water partition coefficient (Wildman–Crippen LogP) is 4.58. The molecule has 2 N–H and O–H groups in total. The highest BCUT2D eigenvalue weighted by molar-refractivity contribution is 5.81. The number of hydrogen-bond acceptors (Lipinski definition) is 5. The Morgan fingerprint density at radius 2 is 1.86 bits per heavy atom. The van der Waals surface area contributed by atoms with Gasteiger partial charge in [0.05, 0.1) is 6.04 Å². The average Bonchev–Trinajstić information content (AvgIpc) is 3.53. The van der Waals surface area contributed by atoms with Gasteiger partial charge in [0.25, 0.3) is 5.56 Å². The molecule has 0 saturated heterocycles. The fourth-order valence-corrected chi connectivity index (χ4v) is 5.17. The number of fused-ring (bicyclic) bond motifs is 1. The Bertz CT molecular complexity index is 1480. The molecule has 2 unspecified atom stereocenters. The van der Waals surface area contributed by atoms with Gasteiger partial charge in [0.2, 0.25) is 5.82 Å². The maximum atomic E-state index is 13.7. The van der Waals surface area contributed by atoms with Crippen molar-refractivity contribution in [1.82, 2.24) is 30.0 Å². The van der Waals surface area contributed by atoms with Crippen LogP contribution in [0.15, 0.2) is 65.5 Å². The Labute approximate surface area is 214 Å². The van der Waals surface area contributed by atoms with E-state index >= 15 is 0 Å². The van der Waals surface area contributed by atoms with Crippen LogP contribution in [0.25, 0.3) is 22.5 Å². The zero-order chi connectivity index (χ0) is 25.9. The Balaban J connectivity index is 1.62. The molecule has 3 heterocycles. The summed E-state index contributed by atoms with van der Waals surface area (Å²) in [5.74, 6) is -0.567. The predicted molar refractivity (Wildman–Crippen MR) is 140 cm³/mol. The lowest BCUT2D eigenvalue weighted by Gasteiger charge is -2.26. The maximum absolute atomic E-state index is 13.7. The summed E-state index contributed by atoms with van der Waals surface area (Å²) in [6, 6.07) is 14.9. The zero-order valence-corrected chi connectivity index (χ0v) is 21.0. The van der Waals surface area contributed by atoms with Crippen molar-refractivity contribution in [3.63, 3.8) is 0 Å². The van der Waals surface area contributed by atoms with Crippen LogP contribution in [-0.2, 0) is 17.6 Å².